The lowest BCUT2D eigenvalue weighted by molar-refractivity contribution is -0.150. The molecule has 2 aliphatic rings. The third-order valence-electron chi connectivity index (χ3n) is 6.63. The Morgan fingerprint density at radius 3 is 1.97 bits per heavy atom. The maximum Gasteiger partial charge on any atom is 0.327 e. The summed E-state index contributed by atoms with van der Waals surface area (Å²) in [6.07, 6.45) is 1.45. The molecule has 1 saturated carbocycles. The van der Waals surface area contributed by atoms with Gasteiger partial charge < -0.3 is 10.0 Å². The molecule has 1 saturated heterocycles. The van der Waals surface area contributed by atoms with Crippen LogP contribution in [0.1, 0.15) is 45.6 Å². The molecule has 0 radical (unpaired) electrons. The van der Waals surface area contributed by atoms with Crippen LogP contribution in [0.2, 0.25) is 10.0 Å². The standard InChI is InChI=1S/C26H21Cl2NO4S/c27-17-9-5-14(6-10-17)20-21(24(30)19-2-1-13-34-19)22(15-7-11-18(28)12-8-15)29(23(20)26(32)33)25(31)16-3-4-16/h1-2,5-13,16,20-23H,3-4H2,(H,32,33). The molecule has 2 fully saturated rings. The summed E-state index contributed by atoms with van der Waals surface area (Å²) in [5.74, 6) is -3.26. The van der Waals surface area contributed by atoms with Crippen LogP contribution in [0.5, 0.6) is 0 Å². The highest BCUT2D eigenvalue weighted by molar-refractivity contribution is 7.12. The molecule has 1 aromatic heterocycles. The number of Topliss-reactive ketones (excluding diaryl/α,β-unsaturated/α-hetero) is 1. The average Bonchev–Trinajstić information content (AvgIpc) is 3.40. The number of carbonyl (C=O) groups is 3. The second-order valence-corrected chi connectivity index (χ2v) is 10.6. The minimum atomic E-state index is -1.19. The Labute approximate surface area is 210 Å². The summed E-state index contributed by atoms with van der Waals surface area (Å²) in [5, 5.41) is 13.3. The number of hydrogen-bond acceptors (Lipinski definition) is 4. The van der Waals surface area contributed by atoms with Crippen molar-refractivity contribution >= 4 is 52.2 Å². The van der Waals surface area contributed by atoms with Crippen LogP contribution in [0.3, 0.4) is 0 Å². The molecule has 4 atom stereocenters. The first kappa shape index (κ1) is 23.1. The molecular weight excluding hydrogens is 493 g/mol. The highest BCUT2D eigenvalue weighted by atomic mass is 35.5. The number of halogens is 2. The Morgan fingerprint density at radius 2 is 1.47 bits per heavy atom. The first-order valence-electron chi connectivity index (χ1n) is 11.0. The van der Waals surface area contributed by atoms with E-state index >= 15 is 0 Å². The Balaban J connectivity index is 1.73. The quantitative estimate of drug-likeness (QED) is 0.405. The molecule has 1 aliphatic carbocycles. The number of benzene rings is 2. The lowest BCUT2D eigenvalue weighted by Gasteiger charge is -2.30. The van der Waals surface area contributed by atoms with Crippen LogP contribution in [0.25, 0.3) is 0 Å². The maximum atomic E-state index is 14.0. The van der Waals surface area contributed by atoms with Crippen molar-refractivity contribution in [3.05, 3.63) is 92.1 Å². The van der Waals surface area contributed by atoms with Crippen LogP contribution in [0, 0.1) is 11.8 Å². The fourth-order valence-electron chi connectivity index (χ4n) is 4.99. The summed E-state index contributed by atoms with van der Waals surface area (Å²) in [7, 11) is 0. The van der Waals surface area contributed by atoms with Crippen LogP contribution in [-0.4, -0.2) is 33.7 Å². The van der Waals surface area contributed by atoms with Crippen LogP contribution in [0.4, 0.5) is 0 Å². The highest BCUT2D eigenvalue weighted by Crippen LogP contribution is 2.53. The number of carboxylic acids is 1. The SMILES string of the molecule is O=C(c1cccs1)C1C(c2ccc(Cl)cc2)C(C(=O)O)N(C(=O)C2CC2)C1c1ccc(Cl)cc1. The van der Waals surface area contributed by atoms with E-state index in [2.05, 4.69) is 0 Å². The summed E-state index contributed by atoms with van der Waals surface area (Å²) in [4.78, 5) is 42.3. The molecule has 0 bridgehead atoms. The van der Waals surface area contributed by atoms with E-state index in [-0.39, 0.29) is 17.6 Å². The van der Waals surface area contributed by atoms with Crippen molar-refractivity contribution in [2.45, 2.75) is 30.8 Å². The van der Waals surface area contributed by atoms with Crippen molar-refractivity contribution in [2.75, 3.05) is 0 Å². The molecule has 174 valence electrons. The number of amides is 1. The third kappa shape index (κ3) is 4.15. The number of likely N-dealkylation sites (tertiary alicyclic amines) is 1. The van der Waals surface area contributed by atoms with Crippen molar-refractivity contribution in [1.29, 1.82) is 0 Å². The number of carboxylic acid groups (broad SMARTS) is 1. The van der Waals surface area contributed by atoms with Crippen molar-refractivity contribution in [2.24, 2.45) is 11.8 Å². The molecule has 4 unspecified atom stereocenters. The second kappa shape index (κ2) is 9.17. The zero-order chi connectivity index (χ0) is 24.0. The predicted molar refractivity (Wildman–Crippen MR) is 132 cm³/mol. The van der Waals surface area contributed by atoms with Crippen LogP contribution >= 0.6 is 34.5 Å². The smallest absolute Gasteiger partial charge is 0.327 e. The molecule has 0 spiro atoms. The first-order chi connectivity index (χ1) is 16.4. The minimum Gasteiger partial charge on any atom is -0.480 e. The van der Waals surface area contributed by atoms with Crippen molar-refractivity contribution in [1.82, 2.24) is 4.90 Å². The molecule has 3 aromatic rings. The van der Waals surface area contributed by atoms with Gasteiger partial charge in [0, 0.05) is 21.9 Å². The maximum absolute atomic E-state index is 14.0. The van der Waals surface area contributed by atoms with Gasteiger partial charge in [0.2, 0.25) is 5.91 Å². The Morgan fingerprint density at radius 1 is 0.882 bits per heavy atom. The van der Waals surface area contributed by atoms with E-state index in [0.717, 1.165) is 12.8 Å². The number of thiophene rings is 1. The summed E-state index contributed by atoms with van der Waals surface area (Å²) >= 11 is 13.5. The van der Waals surface area contributed by atoms with Crippen LogP contribution in [0.15, 0.2) is 66.0 Å². The van der Waals surface area contributed by atoms with Crippen molar-refractivity contribution in [3.63, 3.8) is 0 Å². The number of hydrogen-bond donors (Lipinski definition) is 1. The molecule has 1 N–H and O–H groups in total. The molecule has 8 heteroatoms. The molecule has 5 rings (SSSR count). The number of rotatable bonds is 6. The van der Waals surface area contributed by atoms with Crippen molar-refractivity contribution in [3.8, 4) is 0 Å². The van der Waals surface area contributed by atoms with Gasteiger partial charge in [-0.1, -0.05) is 53.5 Å². The fourth-order valence-corrected chi connectivity index (χ4v) is 5.96. The van der Waals surface area contributed by atoms with E-state index in [1.807, 2.05) is 5.38 Å². The topological polar surface area (TPSA) is 74.7 Å². The van der Waals surface area contributed by atoms with Gasteiger partial charge in [0.15, 0.2) is 5.78 Å². The molecular formula is C26H21Cl2NO4S. The minimum absolute atomic E-state index is 0.174. The summed E-state index contributed by atoms with van der Waals surface area (Å²) in [6, 6.07) is 15.4. The normalized spacial score (nSPS) is 24.2. The Bertz CT molecular complexity index is 1220. The summed E-state index contributed by atoms with van der Waals surface area (Å²) in [5.41, 5.74) is 1.35. The molecule has 1 amide bonds. The number of ketones is 1. The van der Waals surface area contributed by atoms with Gasteiger partial charge in [-0.25, -0.2) is 4.79 Å². The lowest BCUT2D eigenvalue weighted by Crippen LogP contribution is -2.44. The molecule has 2 heterocycles. The average molecular weight is 514 g/mol. The monoisotopic (exact) mass is 513 g/mol. The molecule has 1 aliphatic heterocycles. The van der Waals surface area contributed by atoms with E-state index in [1.165, 1.54) is 16.2 Å². The number of carbonyl (C=O) groups excluding carboxylic acids is 2. The van der Waals surface area contributed by atoms with E-state index in [4.69, 9.17) is 23.2 Å². The highest BCUT2D eigenvalue weighted by Gasteiger charge is 2.59. The Kier molecular flexibility index (Phi) is 6.23. The van der Waals surface area contributed by atoms with Crippen LogP contribution in [-0.2, 0) is 9.59 Å². The predicted octanol–water partition coefficient (Wildman–Crippen LogP) is 6.08. The Hall–Kier alpha value is -2.67. The number of aliphatic carboxylic acids is 1. The van der Waals surface area contributed by atoms with Gasteiger partial charge in [-0.05, 0) is 59.7 Å². The van der Waals surface area contributed by atoms with Gasteiger partial charge >= 0.3 is 5.97 Å². The summed E-state index contributed by atoms with van der Waals surface area (Å²) in [6.45, 7) is 0. The lowest BCUT2D eigenvalue weighted by atomic mass is 9.77. The zero-order valence-corrected chi connectivity index (χ0v) is 20.3. The van der Waals surface area contributed by atoms with E-state index in [0.29, 0.717) is 26.0 Å². The van der Waals surface area contributed by atoms with Gasteiger partial charge in [-0.2, -0.15) is 0 Å². The second-order valence-electron chi connectivity index (χ2n) is 8.74. The van der Waals surface area contributed by atoms with Gasteiger partial charge in [-0.15, -0.1) is 11.3 Å². The zero-order valence-electron chi connectivity index (χ0n) is 17.9. The van der Waals surface area contributed by atoms with E-state index in [9.17, 15) is 19.5 Å². The first-order valence-corrected chi connectivity index (χ1v) is 12.6. The number of nitrogens with zero attached hydrogens (tertiary/aromatic N) is 1. The molecule has 5 nitrogen and oxygen atoms in total. The molecule has 2 aromatic carbocycles. The van der Waals surface area contributed by atoms with E-state index < -0.39 is 29.9 Å². The van der Waals surface area contributed by atoms with Gasteiger partial charge in [0.1, 0.15) is 6.04 Å². The van der Waals surface area contributed by atoms with Gasteiger partial charge in [0.05, 0.1) is 16.8 Å². The summed E-state index contributed by atoms with van der Waals surface area (Å²) < 4.78 is 0. The van der Waals surface area contributed by atoms with E-state index in [1.54, 1.807) is 60.7 Å². The molecule has 34 heavy (non-hydrogen) atoms. The van der Waals surface area contributed by atoms with Crippen LogP contribution < -0.4 is 0 Å². The largest absolute Gasteiger partial charge is 0.480 e. The fraction of sp³-hybridized carbons (Fsp3) is 0.269. The van der Waals surface area contributed by atoms with Gasteiger partial charge in [0.25, 0.3) is 0 Å². The van der Waals surface area contributed by atoms with Crippen molar-refractivity contribution < 1.29 is 19.5 Å². The third-order valence-corrected chi connectivity index (χ3v) is 8.02. The van der Waals surface area contributed by atoms with Gasteiger partial charge in [-0.3, -0.25) is 9.59 Å².